The molecule has 0 aromatic carbocycles. The molecule has 0 amide bonds. The van der Waals surface area contributed by atoms with Gasteiger partial charge in [0.1, 0.15) is 24.4 Å². The van der Waals surface area contributed by atoms with Gasteiger partial charge in [0.25, 0.3) is 0 Å². The summed E-state index contributed by atoms with van der Waals surface area (Å²) in [5.41, 5.74) is 0. The number of aliphatic hydroxyl groups is 4. The normalized spacial score (nSPS) is 33.3. The van der Waals surface area contributed by atoms with Crippen LogP contribution in [0.1, 0.15) is 38.5 Å². The van der Waals surface area contributed by atoms with Crippen LogP contribution in [-0.2, 0) is 9.47 Å². The molecule has 0 spiro atoms. The first-order valence-corrected chi connectivity index (χ1v) is 8.72. The van der Waals surface area contributed by atoms with E-state index in [0.717, 1.165) is 24.6 Å². The average molecular weight is 371 g/mol. The smallest absolute Gasteiger partial charge is 0.184 e. The molecule has 6 nitrogen and oxygen atoms in total. The molecular weight excluding hydrogens is 344 g/mol. The number of hydrogen-bond donors (Lipinski definition) is 4. The van der Waals surface area contributed by atoms with Gasteiger partial charge in [-0.1, -0.05) is 41.6 Å². The van der Waals surface area contributed by atoms with E-state index in [2.05, 4.69) is 15.9 Å². The highest BCUT2D eigenvalue weighted by molar-refractivity contribution is 9.09. The van der Waals surface area contributed by atoms with Crippen LogP contribution in [0, 0.1) is 0 Å². The SMILES string of the molecule is OC[C@H]1OC(O)[C@H](O)[C@@H](O)[C@@H]1OCCCCCCCCBr. The first-order valence-electron chi connectivity index (χ1n) is 7.60. The lowest BCUT2D eigenvalue weighted by Crippen LogP contribution is -2.59. The number of aliphatic hydroxyl groups excluding tert-OH is 4. The molecule has 1 aliphatic heterocycles. The molecular formula is C14H27BrO6. The number of ether oxygens (including phenoxy) is 2. The number of alkyl halides is 1. The number of hydrogen-bond acceptors (Lipinski definition) is 6. The molecule has 1 fully saturated rings. The van der Waals surface area contributed by atoms with E-state index >= 15 is 0 Å². The van der Waals surface area contributed by atoms with Gasteiger partial charge in [0.15, 0.2) is 6.29 Å². The van der Waals surface area contributed by atoms with E-state index in [1.54, 1.807) is 0 Å². The highest BCUT2D eigenvalue weighted by Crippen LogP contribution is 2.22. The Balaban J connectivity index is 2.19. The van der Waals surface area contributed by atoms with Crippen LogP contribution < -0.4 is 0 Å². The zero-order chi connectivity index (χ0) is 15.7. The van der Waals surface area contributed by atoms with Crippen molar-refractivity contribution in [3.8, 4) is 0 Å². The summed E-state index contributed by atoms with van der Waals surface area (Å²) in [7, 11) is 0. The monoisotopic (exact) mass is 370 g/mol. The van der Waals surface area contributed by atoms with Crippen LogP contribution in [0.3, 0.4) is 0 Å². The fourth-order valence-electron chi connectivity index (χ4n) is 2.40. The van der Waals surface area contributed by atoms with Crippen molar-refractivity contribution in [2.45, 2.75) is 69.2 Å². The summed E-state index contributed by atoms with van der Waals surface area (Å²) in [5.74, 6) is 0. The molecule has 0 aromatic rings. The van der Waals surface area contributed by atoms with Gasteiger partial charge in [-0.05, 0) is 12.8 Å². The van der Waals surface area contributed by atoms with Crippen molar-refractivity contribution >= 4 is 15.9 Å². The van der Waals surface area contributed by atoms with Crippen LogP contribution in [0.25, 0.3) is 0 Å². The maximum atomic E-state index is 9.88. The molecule has 0 bridgehead atoms. The Labute approximate surface area is 134 Å². The summed E-state index contributed by atoms with van der Waals surface area (Å²) in [5, 5.41) is 39.1. The Hall–Kier alpha value is 0.240. The number of halogens is 1. The molecule has 1 aliphatic rings. The molecule has 1 heterocycles. The van der Waals surface area contributed by atoms with Gasteiger partial charge in [-0.25, -0.2) is 0 Å². The van der Waals surface area contributed by atoms with E-state index in [1.807, 2.05) is 0 Å². The third-order valence-electron chi connectivity index (χ3n) is 3.68. The van der Waals surface area contributed by atoms with E-state index in [1.165, 1.54) is 19.3 Å². The van der Waals surface area contributed by atoms with Crippen LogP contribution in [0.4, 0.5) is 0 Å². The Morgan fingerprint density at radius 2 is 1.52 bits per heavy atom. The summed E-state index contributed by atoms with van der Waals surface area (Å²) in [6, 6.07) is 0. The van der Waals surface area contributed by atoms with E-state index in [0.29, 0.717) is 6.61 Å². The first kappa shape index (κ1) is 19.3. The van der Waals surface area contributed by atoms with Gasteiger partial charge in [-0.2, -0.15) is 0 Å². The number of rotatable bonds is 10. The minimum atomic E-state index is -1.49. The van der Waals surface area contributed by atoms with Gasteiger partial charge in [-0.3, -0.25) is 0 Å². The Morgan fingerprint density at radius 1 is 0.905 bits per heavy atom. The highest BCUT2D eigenvalue weighted by atomic mass is 79.9. The Bertz CT molecular complexity index is 266. The maximum Gasteiger partial charge on any atom is 0.184 e. The van der Waals surface area contributed by atoms with Crippen LogP contribution >= 0.6 is 15.9 Å². The molecule has 126 valence electrons. The first-order chi connectivity index (χ1) is 10.1. The van der Waals surface area contributed by atoms with Crippen LogP contribution in [0.2, 0.25) is 0 Å². The van der Waals surface area contributed by atoms with Gasteiger partial charge in [0.05, 0.1) is 6.61 Å². The highest BCUT2D eigenvalue weighted by Gasteiger charge is 2.44. The fraction of sp³-hybridized carbons (Fsp3) is 1.00. The molecule has 1 saturated heterocycles. The van der Waals surface area contributed by atoms with Crippen molar-refractivity contribution in [3.05, 3.63) is 0 Å². The Kier molecular flexibility index (Phi) is 9.99. The third kappa shape index (κ3) is 6.48. The molecule has 0 aromatic heterocycles. The van der Waals surface area contributed by atoms with E-state index < -0.39 is 30.7 Å². The molecule has 7 heteroatoms. The minimum Gasteiger partial charge on any atom is -0.394 e. The molecule has 0 radical (unpaired) electrons. The molecule has 0 saturated carbocycles. The second-order valence-corrected chi connectivity index (χ2v) is 6.17. The summed E-state index contributed by atoms with van der Waals surface area (Å²) < 4.78 is 10.6. The van der Waals surface area contributed by atoms with E-state index in [9.17, 15) is 20.4 Å². The second-order valence-electron chi connectivity index (χ2n) is 5.37. The molecule has 1 rings (SSSR count). The van der Waals surface area contributed by atoms with Gasteiger partial charge >= 0.3 is 0 Å². The average Bonchev–Trinajstić information content (AvgIpc) is 2.49. The quantitative estimate of drug-likeness (QED) is 0.331. The maximum absolute atomic E-state index is 9.88. The van der Waals surface area contributed by atoms with E-state index in [-0.39, 0.29) is 6.61 Å². The summed E-state index contributed by atoms with van der Waals surface area (Å²) in [4.78, 5) is 0. The molecule has 0 aliphatic carbocycles. The van der Waals surface area contributed by atoms with Gasteiger partial charge in [0, 0.05) is 11.9 Å². The van der Waals surface area contributed by atoms with Gasteiger partial charge in [-0.15, -0.1) is 0 Å². The lowest BCUT2D eigenvalue weighted by atomic mass is 9.99. The number of unbranched alkanes of at least 4 members (excludes halogenated alkanes) is 5. The predicted octanol–water partition coefficient (Wildman–Crippen LogP) is 0.538. The Morgan fingerprint density at radius 3 is 2.14 bits per heavy atom. The molecule has 21 heavy (non-hydrogen) atoms. The molecule has 4 N–H and O–H groups in total. The topological polar surface area (TPSA) is 99.4 Å². The van der Waals surface area contributed by atoms with Crippen LogP contribution in [0.15, 0.2) is 0 Å². The second kappa shape index (κ2) is 10.9. The van der Waals surface area contributed by atoms with Crippen molar-refractivity contribution in [2.24, 2.45) is 0 Å². The van der Waals surface area contributed by atoms with Crippen molar-refractivity contribution in [1.82, 2.24) is 0 Å². The summed E-state index contributed by atoms with van der Waals surface area (Å²) in [6.07, 6.45) is 0.848. The van der Waals surface area contributed by atoms with Crippen LogP contribution in [-0.4, -0.2) is 69.7 Å². The predicted molar refractivity (Wildman–Crippen MR) is 81.2 cm³/mol. The molecule has 5 atom stereocenters. The largest absolute Gasteiger partial charge is 0.394 e. The lowest BCUT2D eigenvalue weighted by molar-refractivity contribution is -0.294. The fourth-order valence-corrected chi connectivity index (χ4v) is 2.79. The minimum absolute atomic E-state index is 0.377. The van der Waals surface area contributed by atoms with Crippen molar-refractivity contribution < 1.29 is 29.9 Å². The zero-order valence-electron chi connectivity index (χ0n) is 12.2. The van der Waals surface area contributed by atoms with Crippen LogP contribution in [0.5, 0.6) is 0 Å². The van der Waals surface area contributed by atoms with Gasteiger partial charge < -0.3 is 29.9 Å². The zero-order valence-corrected chi connectivity index (χ0v) is 13.8. The standard InChI is InChI=1S/C14H27BrO6/c15-7-5-3-1-2-4-6-8-20-13-10(9-16)21-14(19)12(18)11(13)17/h10-14,16-19H,1-9H2/t10-,11-,12-,13-,14?/m1/s1. The van der Waals surface area contributed by atoms with Crippen molar-refractivity contribution in [3.63, 3.8) is 0 Å². The summed E-state index contributed by atoms with van der Waals surface area (Å²) in [6.45, 7) is 0.0564. The third-order valence-corrected chi connectivity index (χ3v) is 4.24. The lowest BCUT2D eigenvalue weighted by Gasteiger charge is -2.40. The van der Waals surface area contributed by atoms with Crippen molar-refractivity contribution in [2.75, 3.05) is 18.5 Å². The molecule has 1 unspecified atom stereocenters. The van der Waals surface area contributed by atoms with E-state index in [4.69, 9.17) is 9.47 Å². The van der Waals surface area contributed by atoms with Crippen molar-refractivity contribution in [1.29, 1.82) is 0 Å². The van der Waals surface area contributed by atoms with Gasteiger partial charge in [0.2, 0.25) is 0 Å². The summed E-state index contributed by atoms with van der Waals surface area (Å²) >= 11 is 3.40.